The summed E-state index contributed by atoms with van der Waals surface area (Å²) in [6.07, 6.45) is 1.90. The van der Waals surface area contributed by atoms with Crippen LogP contribution in [0.3, 0.4) is 0 Å². The molecule has 0 saturated heterocycles. The molecule has 4 aromatic rings. The van der Waals surface area contributed by atoms with Gasteiger partial charge in [0.05, 0.1) is 28.0 Å². The fraction of sp³-hybridized carbons (Fsp3) is 0.105. The normalized spacial score (nSPS) is 10.8. The molecule has 0 unspecified atom stereocenters. The number of thiazole rings is 2. The minimum Gasteiger partial charge on any atom is -0.326 e. The molecule has 0 spiro atoms. The molecular formula is C19H15N5O2S2. The first-order valence-corrected chi connectivity index (χ1v) is 10.1. The van der Waals surface area contributed by atoms with Crippen molar-refractivity contribution in [2.75, 3.05) is 10.6 Å². The van der Waals surface area contributed by atoms with Crippen LogP contribution in [0.4, 0.5) is 10.8 Å². The zero-order chi connectivity index (χ0) is 19.5. The number of nitrogens with one attached hydrogen (secondary N) is 2. The highest BCUT2D eigenvalue weighted by Gasteiger charge is 2.11. The molecule has 4 rings (SSSR count). The summed E-state index contributed by atoms with van der Waals surface area (Å²) in [5.74, 6) is -0.315. The van der Waals surface area contributed by atoms with Gasteiger partial charge in [0.2, 0.25) is 11.8 Å². The van der Waals surface area contributed by atoms with Gasteiger partial charge in [0.1, 0.15) is 5.01 Å². The van der Waals surface area contributed by atoms with E-state index in [2.05, 4.69) is 25.6 Å². The Hall–Kier alpha value is -3.17. The van der Waals surface area contributed by atoms with Gasteiger partial charge in [-0.25, -0.2) is 9.97 Å². The summed E-state index contributed by atoms with van der Waals surface area (Å²) in [6, 6.07) is 11.1. The lowest BCUT2D eigenvalue weighted by Gasteiger charge is -2.03. The van der Waals surface area contributed by atoms with Crippen molar-refractivity contribution >= 4 is 55.5 Å². The highest BCUT2D eigenvalue weighted by molar-refractivity contribution is 7.22. The first kappa shape index (κ1) is 18.2. The second-order valence-electron chi connectivity index (χ2n) is 5.97. The SMILES string of the molecule is CC(=O)Nc1nc2ccc(NC(=O)Cc3csc(-c4ccccn4)n3)cc2s1. The van der Waals surface area contributed by atoms with Gasteiger partial charge < -0.3 is 10.6 Å². The predicted octanol–water partition coefficient (Wildman–Crippen LogP) is 3.95. The van der Waals surface area contributed by atoms with Gasteiger partial charge in [-0.2, -0.15) is 0 Å². The zero-order valence-electron chi connectivity index (χ0n) is 14.8. The molecule has 0 aliphatic rings. The number of benzene rings is 1. The van der Waals surface area contributed by atoms with Gasteiger partial charge in [-0.3, -0.25) is 14.6 Å². The van der Waals surface area contributed by atoms with Crippen LogP contribution in [0.5, 0.6) is 0 Å². The van der Waals surface area contributed by atoms with Gasteiger partial charge in [-0.15, -0.1) is 11.3 Å². The van der Waals surface area contributed by atoms with E-state index in [0.717, 1.165) is 20.9 Å². The molecule has 2 amide bonds. The number of amides is 2. The molecule has 140 valence electrons. The highest BCUT2D eigenvalue weighted by atomic mass is 32.1. The topological polar surface area (TPSA) is 96.9 Å². The minimum absolute atomic E-state index is 0.149. The Morgan fingerprint density at radius 2 is 2.00 bits per heavy atom. The van der Waals surface area contributed by atoms with Crippen molar-refractivity contribution in [1.29, 1.82) is 0 Å². The molecule has 3 heterocycles. The van der Waals surface area contributed by atoms with Crippen LogP contribution in [0.25, 0.3) is 20.9 Å². The minimum atomic E-state index is -0.166. The number of hydrogen-bond acceptors (Lipinski definition) is 7. The molecule has 0 radical (unpaired) electrons. The van der Waals surface area contributed by atoms with Crippen molar-refractivity contribution < 1.29 is 9.59 Å². The van der Waals surface area contributed by atoms with Crippen LogP contribution in [-0.2, 0) is 16.0 Å². The molecule has 0 bridgehead atoms. The maximum atomic E-state index is 12.4. The van der Waals surface area contributed by atoms with Crippen molar-refractivity contribution in [3.63, 3.8) is 0 Å². The molecular weight excluding hydrogens is 394 g/mol. The molecule has 0 saturated carbocycles. The van der Waals surface area contributed by atoms with E-state index in [-0.39, 0.29) is 18.2 Å². The molecule has 9 heteroatoms. The Morgan fingerprint density at radius 1 is 1.11 bits per heavy atom. The van der Waals surface area contributed by atoms with E-state index >= 15 is 0 Å². The number of aromatic nitrogens is 3. The van der Waals surface area contributed by atoms with E-state index in [4.69, 9.17) is 0 Å². The number of nitrogens with zero attached hydrogens (tertiary/aromatic N) is 3. The fourth-order valence-corrected chi connectivity index (χ4v) is 4.32. The summed E-state index contributed by atoms with van der Waals surface area (Å²) in [4.78, 5) is 36.6. The monoisotopic (exact) mass is 409 g/mol. The first-order chi connectivity index (χ1) is 13.6. The van der Waals surface area contributed by atoms with Gasteiger partial charge in [-0.1, -0.05) is 17.4 Å². The third kappa shape index (κ3) is 4.21. The summed E-state index contributed by atoms with van der Waals surface area (Å²) < 4.78 is 0.882. The Bertz CT molecular complexity index is 1150. The molecule has 7 nitrogen and oxygen atoms in total. The summed E-state index contributed by atoms with van der Waals surface area (Å²) in [6.45, 7) is 1.44. The lowest BCUT2D eigenvalue weighted by atomic mass is 10.2. The summed E-state index contributed by atoms with van der Waals surface area (Å²) >= 11 is 2.83. The van der Waals surface area contributed by atoms with Crippen LogP contribution in [0.2, 0.25) is 0 Å². The largest absolute Gasteiger partial charge is 0.326 e. The Morgan fingerprint density at radius 3 is 2.79 bits per heavy atom. The molecule has 1 aromatic carbocycles. The molecule has 28 heavy (non-hydrogen) atoms. The number of carbonyl (C=O) groups excluding carboxylic acids is 2. The maximum Gasteiger partial charge on any atom is 0.230 e. The molecule has 0 aliphatic heterocycles. The Balaban J connectivity index is 1.43. The fourth-order valence-electron chi connectivity index (χ4n) is 2.57. The van der Waals surface area contributed by atoms with Crippen LogP contribution in [0.1, 0.15) is 12.6 Å². The van der Waals surface area contributed by atoms with Crippen LogP contribution in [0, 0.1) is 0 Å². The second kappa shape index (κ2) is 7.83. The van der Waals surface area contributed by atoms with Crippen molar-refractivity contribution in [2.24, 2.45) is 0 Å². The van der Waals surface area contributed by atoms with Crippen molar-refractivity contribution in [3.8, 4) is 10.7 Å². The first-order valence-electron chi connectivity index (χ1n) is 8.41. The standard InChI is InChI=1S/C19H15N5O2S2/c1-11(25)21-19-24-14-6-5-12(8-16(14)28-19)22-17(26)9-13-10-27-18(23-13)15-4-2-3-7-20-15/h2-8,10H,9H2,1H3,(H,22,26)(H,21,24,25). The van der Waals surface area contributed by atoms with Gasteiger partial charge >= 0.3 is 0 Å². The van der Waals surface area contributed by atoms with Crippen molar-refractivity contribution in [2.45, 2.75) is 13.3 Å². The summed E-state index contributed by atoms with van der Waals surface area (Å²) in [7, 11) is 0. The summed E-state index contributed by atoms with van der Waals surface area (Å²) in [5.41, 5.74) is 2.95. The quantitative estimate of drug-likeness (QED) is 0.520. The van der Waals surface area contributed by atoms with Gasteiger partial charge in [0.15, 0.2) is 5.13 Å². The molecule has 0 atom stereocenters. The van der Waals surface area contributed by atoms with E-state index in [9.17, 15) is 9.59 Å². The van der Waals surface area contributed by atoms with Crippen LogP contribution < -0.4 is 10.6 Å². The average Bonchev–Trinajstić information content (AvgIpc) is 3.28. The third-order valence-corrected chi connectivity index (χ3v) is 5.58. The van der Waals surface area contributed by atoms with E-state index < -0.39 is 0 Å². The number of carbonyl (C=O) groups is 2. The Labute approximate surface area is 168 Å². The van der Waals surface area contributed by atoms with Crippen LogP contribution in [-0.4, -0.2) is 26.8 Å². The number of fused-ring (bicyclic) bond motifs is 1. The average molecular weight is 409 g/mol. The molecule has 2 N–H and O–H groups in total. The van der Waals surface area contributed by atoms with Gasteiger partial charge in [0.25, 0.3) is 0 Å². The smallest absolute Gasteiger partial charge is 0.230 e. The molecule has 0 fully saturated rings. The van der Waals surface area contributed by atoms with Gasteiger partial charge in [0, 0.05) is 24.2 Å². The van der Waals surface area contributed by atoms with Crippen molar-refractivity contribution in [3.05, 3.63) is 53.7 Å². The van der Waals surface area contributed by atoms with Crippen LogP contribution >= 0.6 is 22.7 Å². The number of pyridine rings is 1. The lowest BCUT2D eigenvalue weighted by molar-refractivity contribution is -0.116. The predicted molar refractivity (Wildman–Crippen MR) is 112 cm³/mol. The highest BCUT2D eigenvalue weighted by Crippen LogP contribution is 2.28. The molecule has 3 aromatic heterocycles. The second-order valence-corrected chi connectivity index (χ2v) is 7.86. The zero-order valence-corrected chi connectivity index (χ0v) is 16.4. The number of anilines is 2. The van der Waals surface area contributed by atoms with E-state index in [0.29, 0.717) is 16.5 Å². The third-order valence-electron chi connectivity index (χ3n) is 3.73. The maximum absolute atomic E-state index is 12.4. The van der Waals surface area contributed by atoms with Gasteiger partial charge in [-0.05, 0) is 30.3 Å². The number of rotatable bonds is 5. The summed E-state index contributed by atoms with van der Waals surface area (Å²) in [5, 5.41) is 8.75. The Kier molecular flexibility index (Phi) is 5.09. The molecule has 0 aliphatic carbocycles. The van der Waals surface area contributed by atoms with Crippen LogP contribution in [0.15, 0.2) is 48.0 Å². The van der Waals surface area contributed by atoms with E-state index in [1.54, 1.807) is 12.3 Å². The van der Waals surface area contributed by atoms with Crippen molar-refractivity contribution in [1.82, 2.24) is 15.0 Å². The van der Waals surface area contributed by atoms with E-state index in [1.807, 2.05) is 35.7 Å². The number of hydrogen-bond donors (Lipinski definition) is 2. The van der Waals surface area contributed by atoms with E-state index in [1.165, 1.54) is 29.6 Å². The lowest BCUT2D eigenvalue weighted by Crippen LogP contribution is -2.14.